The number of morpholine rings is 1. The van der Waals surface area contributed by atoms with Crippen LogP contribution in [0, 0.1) is 0 Å². The third-order valence-corrected chi connectivity index (χ3v) is 4.59. The molecule has 0 aromatic carbocycles. The van der Waals surface area contributed by atoms with Crippen LogP contribution in [0.4, 0.5) is 0 Å². The number of hydrogen-bond acceptors (Lipinski definition) is 3. The molecule has 1 aromatic heterocycles. The molecule has 0 bridgehead atoms. The summed E-state index contributed by atoms with van der Waals surface area (Å²) in [4.78, 5) is 14.5. The van der Waals surface area contributed by atoms with Crippen LogP contribution in [0.5, 0.6) is 0 Å². The fourth-order valence-electron chi connectivity index (χ4n) is 3.26. The van der Waals surface area contributed by atoms with Gasteiger partial charge in [-0.1, -0.05) is 24.4 Å². The quantitative estimate of drug-likeness (QED) is 0.841. The second-order valence-corrected chi connectivity index (χ2v) is 6.25. The molecule has 1 amide bonds. The molecule has 110 valence electrons. The molecule has 3 rings (SSSR count). The van der Waals surface area contributed by atoms with Gasteiger partial charge in [0.15, 0.2) is 0 Å². The summed E-state index contributed by atoms with van der Waals surface area (Å²) in [5.74, 6) is 0.0966. The summed E-state index contributed by atoms with van der Waals surface area (Å²) < 4.78 is 7.59. The van der Waals surface area contributed by atoms with E-state index in [9.17, 15) is 4.79 Å². The number of hydrogen-bond donors (Lipinski definition) is 0. The van der Waals surface area contributed by atoms with Gasteiger partial charge in [-0.2, -0.15) is 5.10 Å². The van der Waals surface area contributed by atoms with E-state index in [2.05, 4.69) is 5.10 Å². The average molecular weight is 298 g/mol. The van der Waals surface area contributed by atoms with E-state index in [-0.39, 0.29) is 17.6 Å². The van der Waals surface area contributed by atoms with Crippen molar-refractivity contribution in [1.29, 1.82) is 0 Å². The Balaban J connectivity index is 1.70. The van der Waals surface area contributed by atoms with Crippen molar-refractivity contribution in [2.24, 2.45) is 0 Å². The van der Waals surface area contributed by atoms with Gasteiger partial charge in [-0.15, -0.1) is 0 Å². The normalized spacial score (nSPS) is 23.2. The number of amides is 1. The van der Waals surface area contributed by atoms with Gasteiger partial charge in [-0.25, -0.2) is 0 Å². The standard InChI is InChI=1S/C14H20ClN3O2/c1-11(18-9-12(15)8-16-18)13(19)17-6-7-20-14(10-17)4-2-3-5-14/h8-9,11H,2-7,10H2,1H3/t11-/m1/s1. The number of ether oxygens (including phenoxy) is 1. The van der Waals surface area contributed by atoms with Crippen LogP contribution in [-0.2, 0) is 9.53 Å². The number of carbonyl (C=O) groups excluding carboxylic acids is 1. The lowest BCUT2D eigenvalue weighted by atomic mass is 9.99. The predicted molar refractivity (Wildman–Crippen MR) is 75.7 cm³/mol. The Bertz CT molecular complexity index is 496. The van der Waals surface area contributed by atoms with Crippen LogP contribution in [0.15, 0.2) is 12.4 Å². The van der Waals surface area contributed by atoms with Crippen LogP contribution < -0.4 is 0 Å². The molecule has 2 aliphatic rings. The summed E-state index contributed by atoms with van der Waals surface area (Å²) in [6.45, 7) is 3.88. The first-order valence-corrected chi connectivity index (χ1v) is 7.60. The Morgan fingerprint density at radius 1 is 1.50 bits per heavy atom. The van der Waals surface area contributed by atoms with Crippen LogP contribution >= 0.6 is 11.6 Å². The third kappa shape index (κ3) is 2.56. The zero-order valence-corrected chi connectivity index (χ0v) is 12.5. The number of halogens is 1. The molecular formula is C14H20ClN3O2. The van der Waals surface area contributed by atoms with Gasteiger partial charge in [-0.05, 0) is 19.8 Å². The van der Waals surface area contributed by atoms with Crippen LogP contribution in [0.1, 0.15) is 38.6 Å². The van der Waals surface area contributed by atoms with E-state index in [1.165, 1.54) is 12.8 Å². The molecule has 6 heteroatoms. The van der Waals surface area contributed by atoms with Crippen molar-refractivity contribution < 1.29 is 9.53 Å². The molecule has 1 aromatic rings. The van der Waals surface area contributed by atoms with E-state index >= 15 is 0 Å². The minimum atomic E-state index is -0.320. The molecule has 1 spiro atoms. The monoisotopic (exact) mass is 297 g/mol. The third-order valence-electron chi connectivity index (χ3n) is 4.40. The second-order valence-electron chi connectivity index (χ2n) is 5.81. The first-order chi connectivity index (χ1) is 9.60. The van der Waals surface area contributed by atoms with Crippen molar-refractivity contribution in [1.82, 2.24) is 14.7 Å². The van der Waals surface area contributed by atoms with Gasteiger partial charge in [0.25, 0.3) is 0 Å². The highest BCUT2D eigenvalue weighted by Crippen LogP contribution is 2.36. The lowest BCUT2D eigenvalue weighted by Crippen LogP contribution is -2.53. The summed E-state index contributed by atoms with van der Waals surface area (Å²) >= 11 is 5.87. The SMILES string of the molecule is C[C@H](C(=O)N1CCOC2(CCCC2)C1)n1cc(Cl)cn1. The highest BCUT2D eigenvalue weighted by atomic mass is 35.5. The van der Waals surface area contributed by atoms with E-state index in [0.29, 0.717) is 24.7 Å². The van der Waals surface area contributed by atoms with Gasteiger partial charge < -0.3 is 9.64 Å². The molecule has 1 atom stereocenters. The van der Waals surface area contributed by atoms with Gasteiger partial charge in [0.05, 0.1) is 23.4 Å². The van der Waals surface area contributed by atoms with Crippen molar-refractivity contribution in [3.8, 4) is 0 Å². The largest absolute Gasteiger partial charge is 0.371 e. The first-order valence-electron chi connectivity index (χ1n) is 7.22. The number of rotatable bonds is 2. The summed E-state index contributed by atoms with van der Waals surface area (Å²) in [6.07, 6.45) is 7.79. The minimum Gasteiger partial charge on any atom is -0.371 e. The van der Waals surface area contributed by atoms with E-state index < -0.39 is 0 Å². The Morgan fingerprint density at radius 2 is 2.25 bits per heavy atom. The molecule has 0 unspecified atom stereocenters. The number of aromatic nitrogens is 2. The summed E-state index contributed by atoms with van der Waals surface area (Å²) in [6, 6.07) is -0.320. The van der Waals surface area contributed by atoms with Gasteiger partial charge in [0.2, 0.25) is 5.91 Å². The number of carbonyl (C=O) groups is 1. The molecule has 2 heterocycles. The first kappa shape index (κ1) is 13.9. The van der Waals surface area contributed by atoms with Crippen molar-refractivity contribution in [2.75, 3.05) is 19.7 Å². The van der Waals surface area contributed by atoms with E-state index in [0.717, 1.165) is 12.8 Å². The lowest BCUT2D eigenvalue weighted by molar-refractivity contribution is -0.152. The maximum Gasteiger partial charge on any atom is 0.247 e. The van der Waals surface area contributed by atoms with Gasteiger partial charge in [-0.3, -0.25) is 9.48 Å². The van der Waals surface area contributed by atoms with Crippen LogP contribution in [-0.4, -0.2) is 45.9 Å². The van der Waals surface area contributed by atoms with E-state index in [4.69, 9.17) is 16.3 Å². The zero-order chi connectivity index (χ0) is 14.2. The Hall–Kier alpha value is -1.07. The Labute approximate surface area is 123 Å². The fraction of sp³-hybridized carbons (Fsp3) is 0.714. The van der Waals surface area contributed by atoms with Crippen molar-refractivity contribution >= 4 is 17.5 Å². The van der Waals surface area contributed by atoms with Crippen molar-refractivity contribution in [3.05, 3.63) is 17.4 Å². The number of nitrogens with zero attached hydrogens (tertiary/aromatic N) is 3. The van der Waals surface area contributed by atoms with Crippen molar-refractivity contribution in [3.63, 3.8) is 0 Å². The van der Waals surface area contributed by atoms with Crippen LogP contribution in [0.25, 0.3) is 0 Å². The molecule has 1 aliphatic heterocycles. The van der Waals surface area contributed by atoms with Crippen molar-refractivity contribution in [2.45, 2.75) is 44.2 Å². The smallest absolute Gasteiger partial charge is 0.247 e. The molecule has 1 aliphatic carbocycles. The summed E-state index contributed by atoms with van der Waals surface area (Å²) in [5, 5.41) is 4.68. The van der Waals surface area contributed by atoms with Crippen LogP contribution in [0.2, 0.25) is 5.02 Å². The molecule has 5 nitrogen and oxygen atoms in total. The highest BCUT2D eigenvalue weighted by Gasteiger charge is 2.41. The molecule has 0 N–H and O–H groups in total. The van der Waals surface area contributed by atoms with Gasteiger partial charge >= 0.3 is 0 Å². The topological polar surface area (TPSA) is 47.4 Å². The minimum absolute atomic E-state index is 0.0879. The average Bonchev–Trinajstić information content (AvgIpc) is 3.07. The van der Waals surface area contributed by atoms with Gasteiger partial charge in [0.1, 0.15) is 6.04 Å². The summed E-state index contributed by atoms with van der Waals surface area (Å²) in [7, 11) is 0. The zero-order valence-electron chi connectivity index (χ0n) is 11.7. The maximum atomic E-state index is 12.6. The van der Waals surface area contributed by atoms with E-state index in [1.807, 2.05) is 11.8 Å². The Kier molecular flexibility index (Phi) is 3.73. The van der Waals surface area contributed by atoms with Crippen LogP contribution in [0.3, 0.4) is 0 Å². The maximum absolute atomic E-state index is 12.6. The van der Waals surface area contributed by atoms with Gasteiger partial charge in [0, 0.05) is 19.3 Å². The molecule has 1 saturated heterocycles. The summed E-state index contributed by atoms with van der Waals surface area (Å²) in [5.41, 5.74) is -0.0879. The molecular weight excluding hydrogens is 278 g/mol. The molecule has 20 heavy (non-hydrogen) atoms. The predicted octanol–water partition coefficient (Wildman–Crippen LogP) is 2.27. The van der Waals surface area contributed by atoms with E-state index in [1.54, 1.807) is 17.1 Å². The lowest BCUT2D eigenvalue weighted by Gasteiger charge is -2.41. The fourth-order valence-corrected chi connectivity index (χ4v) is 3.40. The Morgan fingerprint density at radius 3 is 2.90 bits per heavy atom. The molecule has 1 saturated carbocycles. The molecule has 2 fully saturated rings. The molecule has 0 radical (unpaired) electrons. The highest BCUT2D eigenvalue weighted by molar-refractivity contribution is 6.30. The second kappa shape index (κ2) is 5.37.